The van der Waals surface area contributed by atoms with E-state index < -0.39 is 16.4 Å². The average Bonchev–Trinajstić information content (AvgIpc) is 2.44. The smallest absolute Gasteiger partial charge is 0.270 e. The average molecular weight is 266 g/mol. The second-order valence-corrected chi connectivity index (χ2v) is 4.42. The van der Waals surface area contributed by atoms with Crippen LogP contribution in [0, 0.1) is 10.1 Å². The Hall–Kier alpha value is -1.95. The normalized spacial score (nSPS) is 11.1. The third-order valence-electron chi connectivity index (χ3n) is 3.21. The topological polar surface area (TPSA) is 92.5 Å². The van der Waals surface area contributed by atoms with Crippen molar-refractivity contribution in [1.29, 1.82) is 0 Å². The quantitative estimate of drug-likeness (QED) is 0.607. The second-order valence-electron chi connectivity index (χ2n) is 4.42. The molecule has 1 aromatic carbocycles. The molecule has 0 unspecified atom stereocenters. The molecule has 1 amide bonds. The first-order valence-corrected chi connectivity index (χ1v) is 6.17. The Kier molecular flexibility index (Phi) is 5.00. The summed E-state index contributed by atoms with van der Waals surface area (Å²) in [5.41, 5.74) is -0.853. The number of non-ortho nitro benzene ring substituents is 1. The Bertz CT molecular complexity index is 469. The van der Waals surface area contributed by atoms with Crippen molar-refractivity contribution in [2.24, 2.45) is 0 Å². The van der Waals surface area contributed by atoms with Gasteiger partial charge in [0.25, 0.3) is 11.6 Å². The molecular weight excluding hydrogens is 248 g/mol. The van der Waals surface area contributed by atoms with Gasteiger partial charge in [-0.1, -0.05) is 19.9 Å². The number of amides is 1. The number of nitrogens with zero attached hydrogens (tertiary/aromatic N) is 1. The van der Waals surface area contributed by atoms with Gasteiger partial charge in [0.1, 0.15) is 0 Å². The van der Waals surface area contributed by atoms with Crippen molar-refractivity contribution in [2.45, 2.75) is 32.3 Å². The predicted octanol–water partition coefficient (Wildman–Crippen LogP) is 1.88. The van der Waals surface area contributed by atoms with E-state index in [9.17, 15) is 20.0 Å². The van der Waals surface area contributed by atoms with Crippen LogP contribution in [0.2, 0.25) is 0 Å². The summed E-state index contributed by atoms with van der Waals surface area (Å²) in [6, 6.07) is 5.50. The summed E-state index contributed by atoms with van der Waals surface area (Å²) in [6.07, 6.45) is 1.05. The first-order valence-electron chi connectivity index (χ1n) is 6.17. The van der Waals surface area contributed by atoms with Crippen LogP contribution in [0.25, 0.3) is 0 Å². The van der Waals surface area contributed by atoms with Gasteiger partial charge in [0.05, 0.1) is 10.5 Å². The lowest BCUT2D eigenvalue weighted by Crippen LogP contribution is -2.42. The van der Waals surface area contributed by atoms with Crippen molar-refractivity contribution >= 4 is 11.6 Å². The van der Waals surface area contributed by atoms with Crippen LogP contribution < -0.4 is 5.32 Å². The van der Waals surface area contributed by atoms with E-state index in [-0.39, 0.29) is 17.8 Å². The van der Waals surface area contributed by atoms with Gasteiger partial charge < -0.3 is 10.4 Å². The molecule has 0 atom stereocenters. The number of carbonyl (C=O) groups excluding carboxylic acids is 1. The zero-order chi connectivity index (χ0) is 14.5. The molecule has 1 rings (SSSR count). The number of rotatable bonds is 6. The Morgan fingerprint density at radius 1 is 1.42 bits per heavy atom. The Balaban J connectivity index is 2.74. The van der Waals surface area contributed by atoms with Gasteiger partial charge in [0, 0.05) is 24.2 Å². The van der Waals surface area contributed by atoms with E-state index in [2.05, 4.69) is 5.32 Å². The Labute approximate surface area is 111 Å². The van der Waals surface area contributed by atoms with Gasteiger partial charge in [-0.15, -0.1) is 0 Å². The third-order valence-corrected chi connectivity index (χ3v) is 3.21. The van der Waals surface area contributed by atoms with Gasteiger partial charge in [-0.25, -0.2) is 0 Å². The van der Waals surface area contributed by atoms with E-state index in [1.807, 2.05) is 13.8 Å². The number of carbonyl (C=O) groups is 1. The maximum Gasteiger partial charge on any atom is 0.270 e. The molecule has 0 heterocycles. The highest BCUT2D eigenvalue weighted by Crippen LogP contribution is 2.15. The SMILES string of the molecule is CCC(O)(CC)CNC(=O)c1cccc([N+](=O)[O-])c1. The van der Waals surface area contributed by atoms with Crippen LogP contribution in [0.4, 0.5) is 5.69 Å². The van der Waals surface area contributed by atoms with Crippen LogP contribution in [0.5, 0.6) is 0 Å². The fourth-order valence-corrected chi connectivity index (χ4v) is 1.61. The Morgan fingerprint density at radius 3 is 2.58 bits per heavy atom. The number of hydrogen-bond donors (Lipinski definition) is 2. The summed E-state index contributed by atoms with van der Waals surface area (Å²) >= 11 is 0. The molecule has 0 radical (unpaired) electrons. The largest absolute Gasteiger partial charge is 0.388 e. The number of nitro benzene ring substituents is 1. The first kappa shape index (κ1) is 15.1. The molecule has 19 heavy (non-hydrogen) atoms. The fraction of sp³-hybridized carbons (Fsp3) is 0.462. The minimum atomic E-state index is -0.934. The number of hydrogen-bond acceptors (Lipinski definition) is 4. The lowest BCUT2D eigenvalue weighted by molar-refractivity contribution is -0.384. The van der Waals surface area contributed by atoms with Crippen molar-refractivity contribution in [1.82, 2.24) is 5.32 Å². The minimum absolute atomic E-state index is 0.127. The third kappa shape index (κ3) is 4.03. The molecule has 0 saturated heterocycles. The molecular formula is C13H18N2O4. The first-order chi connectivity index (χ1) is 8.91. The van der Waals surface area contributed by atoms with Crippen LogP contribution in [0.1, 0.15) is 37.0 Å². The monoisotopic (exact) mass is 266 g/mol. The molecule has 0 aliphatic carbocycles. The molecule has 2 N–H and O–H groups in total. The highest BCUT2D eigenvalue weighted by Gasteiger charge is 2.23. The van der Waals surface area contributed by atoms with Crippen molar-refractivity contribution in [3.05, 3.63) is 39.9 Å². The summed E-state index contributed by atoms with van der Waals surface area (Å²) in [7, 11) is 0. The lowest BCUT2D eigenvalue weighted by atomic mass is 9.97. The predicted molar refractivity (Wildman–Crippen MR) is 71.0 cm³/mol. The molecule has 6 heteroatoms. The molecule has 104 valence electrons. The number of nitro groups is 1. The Morgan fingerprint density at radius 2 is 2.05 bits per heavy atom. The molecule has 0 aliphatic heterocycles. The summed E-state index contributed by atoms with van der Waals surface area (Å²) in [4.78, 5) is 21.9. The fourth-order valence-electron chi connectivity index (χ4n) is 1.61. The molecule has 0 aliphatic rings. The van der Waals surface area contributed by atoms with Gasteiger partial charge in [-0.2, -0.15) is 0 Å². The van der Waals surface area contributed by atoms with E-state index in [0.717, 1.165) is 0 Å². The minimum Gasteiger partial charge on any atom is -0.388 e. The molecule has 1 aromatic rings. The number of benzene rings is 1. The molecule has 0 saturated carbocycles. The summed E-state index contributed by atoms with van der Waals surface area (Å²) < 4.78 is 0. The van der Waals surface area contributed by atoms with E-state index in [1.54, 1.807) is 0 Å². The van der Waals surface area contributed by atoms with E-state index in [1.165, 1.54) is 24.3 Å². The van der Waals surface area contributed by atoms with Crippen LogP contribution >= 0.6 is 0 Å². The summed E-state index contributed by atoms with van der Waals surface area (Å²) in [5.74, 6) is -0.427. The molecule has 0 bridgehead atoms. The molecule has 6 nitrogen and oxygen atoms in total. The van der Waals surface area contributed by atoms with Gasteiger partial charge in [-0.3, -0.25) is 14.9 Å². The maximum absolute atomic E-state index is 11.9. The van der Waals surface area contributed by atoms with Crippen LogP contribution in [-0.2, 0) is 0 Å². The maximum atomic E-state index is 11.9. The van der Waals surface area contributed by atoms with E-state index >= 15 is 0 Å². The van der Waals surface area contributed by atoms with Gasteiger partial charge in [0.2, 0.25) is 0 Å². The van der Waals surface area contributed by atoms with Crippen LogP contribution in [-0.4, -0.2) is 28.1 Å². The molecule has 0 fully saturated rings. The van der Waals surface area contributed by atoms with Gasteiger partial charge in [0.15, 0.2) is 0 Å². The zero-order valence-corrected chi connectivity index (χ0v) is 11.0. The van der Waals surface area contributed by atoms with E-state index in [4.69, 9.17) is 0 Å². The van der Waals surface area contributed by atoms with E-state index in [0.29, 0.717) is 12.8 Å². The number of aliphatic hydroxyl groups is 1. The number of nitrogens with one attached hydrogen (secondary N) is 1. The second kappa shape index (κ2) is 6.29. The summed E-state index contributed by atoms with van der Waals surface area (Å²) in [5, 5.41) is 23.3. The van der Waals surface area contributed by atoms with Gasteiger partial charge in [-0.05, 0) is 18.9 Å². The lowest BCUT2D eigenvalue weighted by Gasteiger charge is -2.25. The standard InChI is InChI=1S/C13H18N2O4/c1-3-13(17,4-2)9-14-12(16)10-6-5-7-11(8-10)15(18)19/h5-8,17H,3-4,9H2,1-2H3,(H,14,16). The van der Waals surface area contributed by atoms with Crippen molar-refractivity contribution in [2.75, 3.05) is 6.54 Å². The van der Waals surface area contributed by atoms with Gasteiger partial charge >= 0.3 is 0 Å². The zero-order valence-electron chi connectivity index (χ0n) is 11.0. The summed E-state index contributed by atoms with van der Waals surface area (Å²) in [6.45, 7) is 3.80. The highest BCUT2D eigenvalue weighted by molar-refractivity contribution is 5.94. The van der Waals surface area contributed by atoms with Crippen molar-refractivity contribution in [3.8, 4) is 0 Å². The highest BCUT2D eigenvalue weighted by atomic mass is 16.6. The van der Waals surface area contributed by atoms with Crippen LogP contribution in [0.3, 0.4) is 0 Å². The van der Waals surface area contributed by atoms with Crippen LogP contribution in [0.15, 0.2) is 24.3 Å². The van der Waals surface area contributed by atoms with Crippen molar-refractivity contribution < 1.29 is 14.8 Å². The molecule has 0 spiro atoms. The van der Waals surface area contributed by atoms with Crippen molar-refractivity contribution in [3.63, 3.8) is 0 Å². The molecule has 0 aromatic heterocycles.